The summed E-state index contributed by atoms with van der Waals surface area (Å²) in [6, 6.07) is 15.5. The topological polar surface area (TPSA) is 44.5 Å². The normalized spacial score (nSPS) is 11.8. The highest BCUT2D eigenvalue weighted by Gasteiger charge is 2.10. The number of nitrogens with two attached hydrogens (primary N) is 1. The van der Waals surface area contributed by atoms with E-state index >= 15 is 0 Å². The van der Waals surface area contributed by atoms with E-state index in [9.17, 15) is 0 Å². The predicted molar refractivity (Wildman–Crippen MR) is 92.3 cm³/mol. The molecule has 0 atom stereocenters. The quantitative estimate of drug-likeness (QED) is 0.814. The summed E-state index contributed by atoms with van der Waals surface area (Å²) in [5.74, 6) is 1.62. The fraction of sp³-hybridized carbons (Fsp3) is 0.222. The second-order valence-corrected chi connectivity index (χ2v) is 5.17. The van der Waals surface area contributed by atoms with Gasteiger partial charge in [-0.3, -0.25) is 0 Å². The second kappa shape index (κ2) is 7.87. The molecule has 22 heavy (non-hydrogen) atoms. The first-order valence-corrected chi connectivity index (χ1v) is 7.45. The summed E-state index contributed by atoms with van der Waals surface area (Å²) in [5, 5.41) is 0.707. The van der Waals surface area contributed by atoms with Gasteiger partial charge in [0.25, 0.3) is 0 Å². The summed E-state index contributed by atoms with van der Waals surface area (Å²) in [4.78, 5) is 0. The van der Waals surface area contributed by atoms with Gasteiger partial charge in [-0.15, -0.1) is 0 Å². The largest absolute Gasteiger partial charge is 0.497 e. The molecule has 116 valence electrons. The third-order valence-electron chi connectivity index (χ3n) is 3.44. The zero-order chi connectivity index (χ0) is 15.9. The van der Waals surface area contributed by atoms with Crippen LogP contribution in [-0.2, 0) is 0 Å². The molecule has 0 unspecified atom stereocenters. The van der Waals surface area contributed by atoms with Crippen LogP contribution in [0.3, 0.4) is 0 Å². The number of hydrogen-bond donors (Lipinski definition) is 1. The minimum absolute atomic E-state index is 0.535. The van der Waals surface area contributed by atoms with Crippen molar-refractivity contribution >= 4 is 22.2 Å². The first-order chi connectivity index (χ1) is 10.7. The van der Waals surface area contributed by atoms with Crippen molar-refractivity contribution in [1.29, 1.82) is 0 Å². The minimum atomic E-state index is 0.535. The van der Waals surface area contributed by atoms with Gasteiger partial charge in [-0.2, -0.15) is 0 Å². The van der Waals surface area contributed by atoms with Crippen LogP contribution in [0.2, 0.25) is 0 Å². The van der Waals surface area contributed by atoms with E-state index in [4.69, 9.17) is 26.8 Å². The Morgan fingerprint density at radius 2 is 1.32 bits per heavy atom. The molecule has 0 aliphatic rings. The van der Waals surface area contributed by atoms with Gasteiger partial charge in [0.05, 0.1) is 19.3 Å². The first-order valence-electron chi connectivity index (χ1n) is 7.07. The molecule has 2 rings (SSSR count). The summed E-state index contributed by atoms with van der Waals surface area (Å²) in [6.45, 7) is 0.535. The molecular formula is C18H20ClNO2. The Balaban J connectivity index is 2.41. The molecule has 0 aliphatic carbocycles. The van der Waals surface area contributed by atoms with E-state index in [1.807, 2.05) is 48.5 Å². The van der Waals surface area contributed by atoms with Crippen LogP contribution in [0.5, 0.6) is 11.5 Å². The number of benzene rings is 2. The molecule has 2 aromatic carbocycles. The van der Waals surface area contributed by atoms with Crippen molar-refractivity contribution in [1.82, 2.24) is 0 Å². The highest BCUT2D eigenvalue weighted by atomic mass is 35.5. The van der Waals surface area contributed by atoms with Gasteiger partial charge in [-0.25, -0.2) is 0 Å². The molecule has 0 bridgehead atoms. The van der Waals surface area contributed by atoms with E-state index in [2.05, 4.69) is 0 Å². The predicted octanol–water partition coefficient (Wildman–Crippen LogP) is 4.16. The Morgan fingerprint density at radius 1 is 0.864 bits per heavy atom. The van der Waals surface area contributed by atoms with Crippen LogP contribution in [0.1, 0.15) is 17.5 Å². The molecule has 0 amide bonds. The van der Waals surface area contributed by atoms with E-state index in [1.165, 1.54) is 0 Å². The molecule has 0 aliphatic heterocycles. The summed E-state index contributed by atoms with van der Waals surface area (Å²) >= 11 is 6.61. The lowest BCUT2D eigenvalue weighted by atomic mass is 9.99. The summed E-state index contributed by atoms with van der Waals surface area (Å²) in [7, 11) is 3.29. The Labute approximate surface area is 136 Å². The van der Waals surface area contributed by atoms with Crippen LogP contribution in [0.4, 0.5) is 0 Å². The van der Waals surface area contributed by atoms with Crippen LogP contribution in [0.25, 0.3) is 10.6 Å². The Kier molecular flexibility index (Phi) is 5.87. The van der Waals surface area contributed by atoms with Gasteiger partial charge in [0.1, 0.15) is 11.5 Å². The third-order valence-corrected chi connectivity index (χ3v) is 3.89. The van der Waals surface area contributed by atoms with Gasteiger partial charge in [0, 0.05) is 0 Å². The molecule has 0 saturated carbocycles. The molecule has 3 nitrogen and oxygen atoms in total. The van der Waals surface area contributed by atoms with Crippen LogP contribution >= 0.6 is 11.6 Å². The molecule has 4 heteroatoms. The first kappa shape index (κ1) is 16.4. The smallest absolute Gasteiger partial charge is 0.118 e. The van der Waals surface area contributed by atoms with Gasteiger partial charge in [-0.1, -0.05) is 23.7 Å². The van der Waals surface area contributed by atoms with Crippen molar-refractivity contribution in [3.63, 3.8) is 0 Å². The molecule has 2 N–H and O–H groups in total. The van der Waals surface area contributed by atoms with Crippen LogP contribution in [0, 0.1) is 0 Å². The van der Waals surface area contributed by atoms with Crippen molar-refractivity contribution < 1.29 is 9.47 Å². The highest BCUT2D eigenvalue weighted by Crippen LogP contribution is 2.33. The Morgan fingerprint density at radius 3 is 1.73 bits per heavy atom. The minimum Gasteiger partial charge on any atom is -0.497 e. The highest BCUT2D eigenvalue weighted by molar-refractivity contribution is 6.52. The maximum absolute atomic E-state index is 6.61. The molecular weight excluding hydrogens is 298 g/mol. The van der Waals surface area contributed by atoms with Gasteiger partial charge < -0.3 is 15.2 Å². The average Bonchev–Trinajstić information content (AvgIpc) is 2.59. The van der Waals surface area contributed by atoms with Crippen LogP contribution < -0.4 is 15.2 Å². The lowest BCUT2D eigenvalue weighted by molar-refractivity contribution is 0.414. The maximum atomic E-state index is 6.61. The van der Waals surface area contributed by atoms with E-state index < -0.39 is 0 Å². The number of halogens is 1. The Bertz CT molecular complexity index is 633. The summed E-state index contributed by atoms with van der Waals surface area (Å²) < 4.78 is 10.4. The van der Waals surface area contributed by atoms with E-state index in [0.29, 0.717) is 18.0 Å². The maximum Gasteiger partial charge on any atom is 0.118 e. The molecule has 2 aromatic rings. The number of ether oxygens (including phenoxy) is 2. The molecule has 0 heterocycles. The molecule has 0 saturated heterocycles. The Hall–Kier alpha value is -1.97. The van der Waals surface area contributed by atoms with Crippen LogP contribution in [0.15, 0.2) is 48.5 Å². The van der Waals surface area contributed by atoms with E-state index in [0.717, 1.165) is 28.2 Å². The fourth-order valence-corrected chi connectivity index (χ4v) is 2.56. The lowest BCUT2D eigenvalue weighted by Crippen LogP contribution is -2.01. The van der Waals surface area contributed by atoms with Crippen molar-refractivity contribution in [2.75, 3.05) is 20.8 Å². The number of rotatable bonds is 6. The van der Waals surface area contributed by atoms with Gasteiger partial charge in [0.15, 0.2) is 0 Å². The van der Waals surface area contributed by atoms with Gasteiger partial charge >= 0.3 is 0 Å². The third kappa shape index (κ3) is 3.81. The molecule has 0 aromatic heterocycles. The number of hydrogen-bond acceptors (Lipinski definition) is 3. The van der Waals surface area contributed by atoms with Crippen molar-refractivity contribution in [3.8, 4) is 11.5 Å². The standard InChI is InChI=1S/C18H20ClNO2/c1-21-15-7-3-13(4-8-15)17(11-12-20)18(19)14-5-9-16(22-2)10-6-14/h3-10H,11-12,20H2,1-2H3/b18-17-. The molecule has 0 spiro atoms. The molecule has 0 fully saturated rings. The monoisotopic (exact) mass is 317 g/mol. The van der Waals surface area contributed by atoms with Crippen molar-refractivity contribution in [2.24, 2.45) is 5.73 Å². The van der Waals surface area contributed by atoms with Crippen molar-refractivity contribution in [3.05, 3.63) is 59.7 Å². The zero-order valence-electron chi connectivity index (χ0n) is 12.8. The SMILES string of the molecule is COc1ccc(/C(Cl)=C(\CCN)c2ccc(OC)cc2)cc1. The van der Waals surface area contributed by atoms with Gasteiger partial charge in [-0.05, 0) is 66.1 Å². The summed E-state index contributed by atoms with van der Waals surface area (Å²) in [5.41, 5.74) is 8.77. The van der Waals surface area contributed by atoms with Crippen LogP contribution in [-0.4, -0.2) is 20.8 Å². The fourth-order valence-electron chi connectivity index (χ4n) is 2.23. The second-order valence-electron chi connectivity index (χ2n) is 4.79. The number of methoxy groups -OCH3 is 2. The average molecular weight is 318 g/mol. The van der Waals surface area contributed by atoms with E-state index in [-0.39, 0.29) is 0 Å². The molecule has 0 radical (unpaired) electrons. The van der Waals surface area contributed by atoms with Gasteiger partial charge in [0.2, 0.25) is 0 Å². The van der Waals surface area contributed by atoms with Crippen molar-refractivity contribution in [2.45, 2.75) is 6.42 Å². The summed E-state index contributed by atoms with van der Waals surface area (Å²) in [6.07, 6.45) is 0.706. The van der Waals surface area contributed by atoms with E-state index in [1.54, 1.807) is 14.2 Å². The zero-order valence-corrected chi connectivity index (χ0v) is 13.6. The lowest BCUT2D eigenvalue weighted by Gasteiger charge is -2.12.